The molecule has 8 heteroatoms. The highest BCUT2D eigenvalue weighted by Crippen LogP contribution is 2.20. The van der Waals surface area contributed by atoms with E-state index in [-0.39, 0.29) is 5.91 Å². The third-order valence-corrected chi connectivity index (χ3v) is 4.83. The lowest BCUT2D eigenvalue weighted by molar-refractivity contribution is -0.114. The fraction of sp³-hybridized carbons (Fsp3) is 0.556. The third kappa shape index (κ3) is 6.78. The summed E-state index contributed by atoms with van der Waals surface area (Å²) < 4.78 is 0. The maximum absolute atomic E-state index is 10.9. The average Bonchev–Trinajstić information content (AvgIpc) is 2.95. The molecule has 0 bridgehead atoms. The molecule has 142 valence electrons. The molecule has 1 atom stereocenters. The molecule has 1 fully saturated rings. The van der Waals surface area contributed by atoms with Gasteiger partial charge < -0.3 is 10.6 Å². The number of thiazole rings is 1. The van der Waals surface area contributed by atoms with Crippen LogP contribution in [0.3, 0.4) is 0 Å². The fourth-order valence-corrected chi connectivity index (χ4v) is 3.69. The van der Waals surface area contributed by atoms with Crippen molar-refractivity contribution < 1.29 is 4.79 Å². The van der Waals surface area contributed by atoms with Crippen LogP contribution in [0.15, 0.2) is 12.3 Å². The van der Waals surface area contributed by atoms with Gasteiger partial charge in [0.1, 0.15) is 5.82 Å². The Kier molecular flexibility index (Phi) is 7.62. The van der Waals surface area contributed by atoms with Gasteiger partial charge in [-0.2, -0.15) is 0 Å². The predicted octanol–water partition coefficient (Wildman–Crippen LogP) is 2.30. The van der Waals surface area contributed by atoms with E-state index in [1.807, 2.05) is 33.0 Å². The van der Waals surface area contributed by atoms with Crippen molar-refractivity contribution in [3.8, 4) is 0 Å². The number of carbonyl (C=O) groups is 1. The summed E-state index contributed by atoms with van der Waals surface area (Å²) in [5.41, 5.74) is 2.08. The number of nitrogens with one attached hydrogen (secondary N) is 2. The molecule has 0 spiro atoms. The molecule has 1 saturated heterocycles. The summed E-state index contributed by atoms with van der Waals surface area (Å²) >= 11 is 1.55. The van der Waals surface area contributed by atoms with E-state index in [1.54, 1.807) is 11.3 Å². The van der Waals surface area contributed by atoms with Gasteiger partial charge in [-0.1, -0.05) is 0 Å². The molecule has 3 rings (SSSR count). The van der Waals surface area contributed by atoms with Crippen molar-refractivity contribution >= 4 is 22.4 Å². The van der Waals surface area contributed by atoms with Crippen molar-refractivity contribution in [3.63, 3.8) is 0 Å². The zero-order valence-electron chi connectivity index (χ0n) is 16.2. The number of carbonyl (C=O) groups excluding carboxylic acids is 1. The molecule has 1 unspecified atom stereocenters. The van der Waals surface area contributed by atoms with Gasteiger partial charge in [0.05, 0.1) is 0 Å². The summed E-state index contributed by atoms with van der Waals surface area (Å²) in [6, 6.07) is 2.52. The fourth-order valence-electron chi connectivity index (χ4n) is 2.81. The van der Waals surface area contributed by atoms with Crippen molar-refractivity contribution in [2.75, 3.05) is 25.0 Å². The maximum Gasteiger partial charge on any atom is 0.223 e. The van der Waals surface area contributed by atoms with Crippen molar-refractivity contribution in [3.05, 3.63) is 34.4 Å². The van der Waals surface area contributed by atoms with E-state index in [2.05, 4.69) is 37.4 Å². The Bertz CT molecular complexity index is 682. The number of nitrogens with zero attached hydrogens (tertiary/aromatic N) is 4. The van der Waals surface area contributed by atoms with E-state index in [0.717, 1.165) is 43.4 Å². The summed E-state index contributed by atoms with van der Waals surface area (Å²) in [5, 5.41) is 6.77. The number of rotatable bonds is 3. The molecule has 0 radical (unpaired) electrons. The first kappa shape index (κ1) is 20.4. The Labute approximate surface area is 159 Å². The van der Waals surface area contributed by atoms with Crippen molar-refractivity contribution in [1.82, 2.24) is 25.2 Å². The number of piperazine rings is 1. The second-order valence-corrected chi connectivity index (χ2v) is 7.65. The Balaban J connectivity index is 0.000000228. The predicted molar refractivity (Wildman–Crippen MR) is 105 cm³/mol. The van der Waals surface area contributed by atoms with Gasteiger partial charge >= 0.3 is 0 Å². The quantitative estimate of drug-likeness (QED) is 0.855. The van der Waals surface area contributed by atoms with E-state index in [9.17, 15) is 4.79 Å². The first-order valence-electron chi connectivity index (χ1n) is 8.79. The molecule has 1 aliphatic heterocycles. The molecule has 2 N–H and O–H groups in total. The van der Waals surface area contributed by atoms with Crippen LogP contribution in [0.2, 0.25) is 0 Å². The first-order chi connectivity index (χ1) is 12.3. The monoisotopic (exact) mass is 376 g/mol. The molecule has 0 aliphatic carbocycles. The maximum atomic E-state index is 10.9. The van der Waals surface area contributed by atoms with E-state index < -0.39 is 0 Å². The van der Waals surface area contributed by atoms with Gasteiger partial charge in [-0.25, -0.2) is 15.0 Å². The van der Waals surface area contributed by atoms with Gasteiger partial charge in [0.15, 0.2) is 5.13 Å². The standard InChI is InChI=1S/C11H18N4OS.C7H10N2/c1-8-5-12-3-4-15(8)7-10-6-13-11(17-10)14-9(2)16;1-5-4-6(2)9-7(3)8-5/h6,8,12H,3-5,7H2,1-2H3,(H,13,14,16);4H,1-3H3. The van der Waals surface area contributed by atoms with Crippen LogP contribution in [0.1, 0.15) is 35.9 Å². The van der Waals surface area contributed by atoms with Gasteiger partial charge in [0.2, 0.25) is 5.91 Å². The van der Waals surface area contributed by atoms with Gasteiger partial charge in [-0.15, -0.1) is 11.3 Å². The minimum Gasteiger partial charge on any atom is -0.314 e. The minimum atomic E-state index is -0.0681. The minimum absolute atomic E-state index is 0.0681. The molecular formula is C18H28N6OS. The number of amides is 1. The Morgan fingerprint density at radius 2 is 2.04 bits per heavy atom. The Hall–Kier alpha value is -1.90. The van der Waals surface area contributed by atoms with Crippen LogP contribution in [-0.4, -0.2) is 51.4 Å². The highest BCUT2D eigenvalue weighted by molar-refractivity contribution is 7.15. The number of aryl methyl sites for hydroxylation is 3. The molecule has 3 heterocycles. The zero-order chi connectivity index (χ0) is 19.1. The number of anilines is 1. The highest BCUT2D eigenvalue weighted by atomic mass is 32.1. The lowest BCUT2D eigenvalue weighted by atomic mass is 10.2. The lowest BCUT2D eigenvalue weighted by Crippen LogP contribution is -2.49. The molecule has 1 amide bonds. The molecule has 2 aromatic rings. The van der Waals surface area contributed by atoms with Crippen molar-refractivity contribution in [1.29, 1.82) is 0 Å². The largest absolute Gasteiger partial charge is 0.314 e. The average molecular weight is 377 g/mol. The van der Waals surface area contributed by atoms with Crippen LogP contribution in [0.5, 0.6) is 0 Å². The lowest BCUT2D eigenvalue weighted by Gasteiger charge is -2.33. The van der Waals surface area contributed by atoms with Crippen LogP contribution >= 0.6 is 11.3 Å². The summed E-state index contributed by atoms with van der Waals surface area (Å²) in [4.78, 5) is 27.0. The number of aromatic nitrogens is 3. The summed E-state index contributed by atoms with van der Waals surface area (Å²) in [6.45, 7) is 13.6. The SMILES string of the molecule is CC(=O)Nc1ncc(CN2CCNCC2C)s1.Cc1cc(C)nc(C)n1. The highest BCUT2D eigenvalue weighted by Gasteiger charge is 2.18. The number of hydrogen-bond donors (Lipinski definition) is 2. The van der Waals surface area contributed by atoms with E-state index in [0.29, 0.717) is 11.2 Å². The molecular weight excluding hydrogens is 348 g/mol. The van der Waals surface area contributed by atoms with Gasteiger partial charge in [-0.3, -0.25) is 9.69 Å². The summed E-state index contributed by atoms with van der Waals surface area (Å²) in [6.07, 6.45) is 1.85. The summed E-state index contributed by atoms with van der Waals surface area (Å²) in [7, 11) is 0. The molecule has 7 nitrogen and oxygen atoms in total. The zero-order valence-corrected chi connectivity index (χ0v) is 17.0. The number of hydrogen-bond acceptors (Lipinski definition) is 7. The van der Waals surface area contributed by atoms with Crippen molar-refractivity contribution in [2.45, 2.75) is 47.2 Å². The van der Waals surface area contributed by atoms with E-state index in [1.165, 1.54) is 11.8 Å². The Morgan fingerprint density at radius 3 is 2.62 bits per heavy atom. The second kappa shape index (κ2) is 9.70. The van der Waals surface area contributed by atoms with E-state index >= 15 is 0 Å². The van der Waals surface area contributed by atoms with Crippen molar-refractivity contribution in [2.24, 2.45) is 0 Å². The Morgan fingerprint density at radius 1 is 1.35 bits per heavy atom. The molecule has 0 aromatic carbocycles. The van der Waals surface area contributed by atoms with E-state index in [4.69, 9.17) is 0 Å². The third-order valence-electron chi connectivity index (χ3n) is 3.93. The normalized spacial score (nSPS) is 17.3. The van der Waals surface area contributed by atoms with Gasteiger partial charge in [0, 0.05) is 61.6 Å². The van der Waals surface area contributed by atoms with Gasteiger partial charge in [-0.05, 0) is 33.8 Å². The summed E-state index contributed by atoms with van der Waals surface area (Å²) in [5.74, 6) is 0.786. The van der Waals surface area contributed by atoms with Crippen LogP contribution in [0.25, 0.3) is 0 Å². The van der Waals surface area contributed by atoms with Crippen LogP contribution in [0.4, 0.5) is 5.13 Å². The molecule has 2 aromatic heterocycles. The van der Waals surface area contributed by atoms with Crippen LogP contribution in [0, 0.1) is 20.8 Å². The van der Waals surface area contributed by atoms with Gasteiger partial charge in [0.25, 0.3) is 0 Å². The molecule has 1 aliphatic rings. The molecule has 26 heavy (non-hydrogen) atoms. The molecule has 0 saturated carbocycles. The van der Waals surface area contributed by atoms with Crippen LogP contribution < -0.4 is 10.6 Å². The first-order valence-corrected chi connectivity index (χ1v) is 9.61. The van der Waals surface area contributed by atoms with Crippen LogP contribution in [-0.2, 0) is 11.3 Å². The topological polar surface area (TPSA) is 83.0 Å². The smallest absolute Gasteiger partial charge is 0.223 e. The second-order valence-electron chi connectivity index (χ2n) is 6.53.